The fraction of sp³-hybridized carbons (Fsp3) is 0.143. The van der Waals surface area contributed by atoms with Crippen LogP contribution in [0.15, 0.2) is 42.7 Å². The van der Waals surface area contributed by atoms with E-state index < -0.39 is 0 Å². The second kappa shape index (κ2) is 5.65. The molecule has 0 radical (unpaired) electrons. The third-order valence-electron chi connectivity index (χ3n) is 2.38. The molecule has 0 bridgehead atoms. The maximum absolute atomic E-state index is 11.8. The molecule has 0 unspecified atom stereocenters. The fourth-order valence-corrected chi connectivity index (χ4v) is 1.60. The van der Waals surface area contributed by atoms with E-state index >= 15 is 0 Å². The summed E-state index contributed by atoms with van der Waals surface area (Å²) in [5, 5.41) is 0.636. The smallest absolute Gasteiger partial charge is 0.201 e. The van der Waals surface area contributed by atoms with Crippen molar-refractivity contribution < 1.29 is 9.53 Å². The van der Waals surface area contributed by atoms with E-state index in [1.165, 1.54) is 0 Å². The zero-order valence-corrected chi connectivity index (χ0v) is 10.6. The van der Waals surface area contributed by atoms with Gasteiger partial charge in [0.05, 0.1) is 0 Å². The van der Waals surface area contributed by atoms with Crippen molar-refractivity contribution in [2.75, 3.05) is 6.61 Å². The quantitative estimate of drug-likeness (QED) is 0.793. The fourth-order valence-electron chi connectivity index (χ4n) is 1.47. The summed E-state index contributed by atoms with van der Waals surface area (Å²) < 4.78 is 5.38. The Morgan fingerprint density at radius 3 is 2.67 bits per heavy atom. The van der Waals surface area contributed by atoms with Crippen LogP contribution in [0.25, 0.3) is 0 Å². The van der Waals surface area contributed by atoms with Crippen LogP contribution in [-0.2, 0) is 0 Å². The minimum atomic E-state index is -0.0962. The molecule has 2 aromatic rings. The number of carbonyl (C=O) groups is 1. The van der Waals surface area contributed by atoms with E-state index in [1.54, 1.807) is 42.7 Å². The van der Waals surface area contributed by atoms with Crippen LogP contribution in [0.2, 0.25) is 5.02 Å². The van der Waals surface area contributed by atoms with E-state index in [4.69, 9.17) is 16.3 Å². The molecular weight excluding hydrogens is 250 g/mol. The predicted molar refractivity (Wildman–Crippen MR) is 70.3 cm³/mol. The Bertz CT molecular complexity index is 552. The number of aryl methyl sites for hydroxylation is 1. The first-order chi connectivity index (χ1) is 8.65. The van der Waals surface area contributed by atoms with E-state index in [0.29, 0.717) is 16.3 Å². The van der Waals surface area contributed by atoms with Crippen LogP contribution in [0.4, 0.5) is 0 Å². The largest absolute Gasteiger partial charge is 0.485 e. The van der Waals surface area contributed by atoms with Crippen molar-refractivity contribution in [2.45, 2.75) is 6.92 Å². The number of Topliss-reactive ketones (excluding diaryl/α,β-unsaturated/α-hetero) is 1. The first-order valence-corrected chi connectivity index (χ1v) is 5.86. The molecule has 1 aromatic carbocycles. The summed E-state index contributed by atoms with van der Waals surface area (Å²) in [6, 6.07) is 8.68. The topological polar surface area (TPSA) is 39.2 Å². The van der Waals surface area contributed by atoms with Gasteiger partial charge < -0.3 is 4.74 Å². The Balaban J connectivity index is 1.98. The number of ketones is 1. The van der Waals surface area contributed by atoms with Gasteiger partial charge in [0.25, 0.3) is 0 Å². The highest BCUT2D eigenvalue weighted by atomic mass is 35.5. The maximum Gasteiger partial charge on any atom is 0.201 e. The zero-order valence-electron chi connectivity index (χ0n) is 9.89. The van der Waals surface area contributed by atoms with Crippen LogP contribution in [0, 0.1) is 6.92 Å². The highest BCUT2D eigenvalue weighted by Crippen LogP contribution is 2.15. The van der Waals surface area contributed by atoms with Gasteiger partial charge in [-0.1, -0.05) is 11.6 Å². The molecule has 0 saturated carbocycles. The van der Waals surface area contributed by atoms with E-state index in [0.717, 1.165) is 5.56 Å². The molecule has 4 heteroatoms. The number of rotatable bonds is 4. The summed E-state index contributed by atoms with van der Waals surface area (Å²) in [5.41, 5.74) is 1.51. The Kier molecular flexibility index (Phi) is 3.95. The molecule has 0 saturated heterocycles. The van der Waals surface area contributed by atoms with Crippen molar-refractivity contribution in [1.29, 1.82) is 0 Å². The Morgan fingerprint density at radius 1 is 1.28 bits per heavy atom. The van der Waals surface area contributed by atoms with E-state index in [1.807, 2.05) is 6.92 Å². The first-order valence-electron chi connectivity index (χ1n) is 5.48. The molecule has 0 atom stereocenters. The summed E-state index contributed by atoms with van der Waals surface area (Å²) in [4.78, 5) is 15.8. The molecule has 0 amide bonds. The van der Waals surface area contributed by atoms with Gasteiger partial charge in [-0.2, -0.15) is 0 Å². The molecule has 0 aliphatic rings. The van der Waals surface area contributed by atoms with Crippen molar-refractivity contribution in [2.24, 2.45) is 0 Å². The number of pyridine rings is 1. The van der Waals surface area contributed by atoms with Gasteiger partial charge in [-0.05, 0) is 42.8 Å². The Labute approximate surface area is 110 Å². The standard InChI is InChI=1S/C14H12ClNO2/c1-10-6-11(8-16-7-10)14(17)9-18-13-4-2-12(15)3-5-13/h2-8H,9H2,1H3. The van der Waals surface area contributed by atoms with Gasteiger partial charge in [-0.25, -0.2) is 0 Å². The second-order valence-electron chi connectivity index (χ2n) is 3.92. The van der Waals surface area contributed by atoms with Crippen molar-refractivity contribution in [3.63, 3.8) is 0 Å². The van der Waals surface area contributed by atoms with Crippen molar-refractivity contribution in [3.8, 4) is 5.75 Å². The molecule has 3 nitrogen and oxygen atoms in total. The van der Waals surface area contributed by atoms with Gasteiger partial charge in [0.15, 0.2) is 6.61 Å². The molecular formula is C14H12ClNO2. The molecule has 0 aliphatic heterocycles. The number of hydrogen-bond acceptors (Lipinski definition) is 3. The van der Waals surface area contributed by atoms with Gasteiger partial charge in [-0.3, -0.25) is 9.78 Å². The van der Waals surface area contributed by atoms with Gasteiger partial charge in [0.2, 0.25) is 5.78 Å². The SMILES string of the molecule is Cc1cncc(C(=O)COc2ccc(Cl)cc2)c1. The number of benzene rings is 1. The molecule has 1 aromatic heterocycles. The summed E-state index contributed by atoms with van der Waals surface area (Å²) in [6.07, 6.45) is 3.25. The van der Waals surface area contributed by atoms with Gasteiger partial charge in [0, 0.05) is 23.0 Å². The molecule has 0 spiro atoms. The van der Waals surface area contributed by atoms with Gasteiger partial charge >= 0.3 is 0 Å². The summed E-state index contributed by atoms with van der Waals surface area (Å²) in [6.45, 7) is 1.89. The lowest BCUT2D eigenvalue weighted by Crippen LogP contribution is -2.12. The third kappa shape index (κ3) is 3.31. The van der Waals surface area contributed by atoms with Crippen molar-refractivity contribution >= 4 is 17.4 Å². The monoisotopic (exact) mass is 261 g/mol. The number of aromatic nitrogens is 1. The minimum absolute atomic E-state index is 0.00718. The first kappa shape index (κ1) is 12.6. The van der Waals surface area contributed by atoms with Crippen molar-refractivity contribution in [1.82, 2.24) is 4.98 Å². The third-order valence-corrected chi connectivity index (χ3v) is 2.63. The lowest BCUT2D eigenvalue weighted by Gasteiger charge is -2.05. The highest BCUT2D eigenvalue weighted by Gasteiger charge is 2.07. The number of hydrogen-bond donors (Lipinski definition) is 0. The Morgan fingerprint density at radius 2 is 2.00 bits per heavy atom. The summed E-state index contributed by atoms with van der Waals surface area (Å²) in [7, 11) is 0. The van der Waals surface area contributed by atoms with E-state index in [2.05, 4.69) is 4.98 Å². The molecule has 92 valence electrons. The average molecular weight is 262 g/mol. The average Bonchev–Trinajstić information content (AvgIpc) is 2.38. The number of halogens is 1. The van der Waals surface area contributed by atoms with Crippen LogP contribution in [0.3, 0.4) is 0 Å². The van der Waals surface area contributed by atoms with E-state index in [-0.39, 0.29) is 12.4 Å². The van der Waals surface area contributed by atoms with Gasteiger partial charge in [-0.15, -0.1) is 0 Å². The molecule has 0 N–H and O–H groups in total. The number of carbonyl (C=O) groups excluding carboxylic acids is 1. The lowest BCUT2D eigenvalue weighted by atomic mass is 10.1. The molecule has 1 heterocycles. The normalized spacial score (nSPS) is 10.1. The molecule has 18 heavy (non-hydrogen) atoms. The molecule has 0 aliphatic carbocycles. The maximum atomic E-state index is 11.8. The van der Waals surface area contributed by atoms with Crippen LogP contribution < -0.4 is 4.74 Å². The predicted octanol–water partition coefficient (Wildman–Crippen LogP) is 3.31. The van der Waals surface area contributed by atoms with E-state index in [9.17, 15) is 4.79 Å². The summed E-state index contributed by atoms with van der Waals surface area (Å²) in [5.74, 6) is 0.523. The van der Waals surface area contributed by atoms with Crippen molar-refractivity contribution in [3.05, 3.63) is 58.9 Å². The molecule has 2 rings (SSSR count). The number of ether oxygens (including phenoxy) is 1. The lowest BCUT2D eigenvalue weighted by molar-refractivity contribution is 0.0921. The van der Waals surface area contributed by atoms with Crippen LogP contribution in [-0.4, -0.2) is 17.4 Å². The van der Waals surface area contributed by atoms with Crippen LogP contribution >= 0.6 is 11.6 Å². The zero-order chi connectivity index (χ0) is 13.0. The Hall–Kier alpha value is -1.87. The van der Waals surface area contributed by atoms with Gasteiger partial charge in [0.1, 0.15) is 5.75 Å². The highest BCUT2D eigenvalue weighted by molar-refractivity contribution is 6.30. The van der Waals surface area contributed by atoms with Crippen LogP contribution in [0.5, 0.6) is 5.75 Å². The minimum Gasteiger partial charge on any atom is -0.485 e. The summed E-state index contributed by atoms with van der Waals surface area (Å²) >= 11 is 5.76. The number of nitrogens with zero attached hydrogens (tertiary/aromatic N) is 1. The molecule has 0 fully saturated rings. The van der Waals surface area contributed by atoms with Crippen LogP contribution in [0.1, 0.15) is 15.9 Å². The second-order valence-corrected chi connectivity index (χ2v) is 4.35.